The molecule has 0 bridgehead atoms. The summed E-state index contributed by atoms with van der Waals surface area (Å²) in [6.07, 6.45) is 0. The van der Waals surface area contributed by atoms with Crippen LogP contribution >= 0.6 is 11.6 Å². The van der Waals surface area contributed by atoms with E-state index in [1.54, 1.807) is 0 Å². The molecular weight excluding hydrogens is 250 g/mol. The van der Waals surface area contributed by atoms with E-state index >= 15 is 0 Å². The minimum Gasteiger partial charge on any atom is -0.491 e. The van der Waals surface area contributed by atoms with Crippen molar-refractivity contribution >= 4 is 17.5 Å². The van der Waals surface area contributed by atoms with Gasteiger partial charge in [0.15, 0.2) is 0 Å². The van der Waals surface area contributed by atoms with Crippen LogP contribution in [0.3, 0.4) is 0 Å². The van der Waals surface area contributed by atoms with Crippen molar-refractivity contribution in [3.05, 3.63) is 29.8 Å². The van der Waals surface area contributed by atoms with Gasteiger partial charge in [0.1, 0.15) is 12.4 Å². The Bertz CT molecular complexity index is 405. The molecule has 18 heavy (non-hydrogen) atoms. The van der Waals surface area contributed by atoms with Gasteiger partial charge in [0.25, 0.3) is 0 Å². The molecular formula is C14H20ClNO2. The van der Waals surface area contributed by atoms with E-state index in [0.29, 0.717) is 19.0 Å². The fourth-order valence-corrected chi connectivity index (χ4v) is 1.47. The van der Waals surface area contributed by atoms with Crippen LogP contribution in [0, 0.1) is 12.3 Å². The number of hydrogen-bond donors (Lipinski definition) is 1. The smallest absolute Gasteiger partial charge is 0.226 e. The number of halogens is 1. The molecule has 1 aromatic rings. The fourth-order valence-electron chi connectivity index (χ4n) is 1.34. The van der Waals surface area contributed by atoms with Gasteiger partial charge in [-0.15, -0.1) is 11.6 Å². The van der Waals surface area contributed by atoms with Crippen LogP contribution in [0.5, 0.6) is 5.75 Å². The predicted molar refractivity (Wildman–Crippen MR) is 74.2 cm³/mol. The average molecular weight is 270 g/mol. The molecule has 0 aliphatic rings. The van der Waals surface area contributed by atoms with E-state index in [0.717, 1.165) is 11.3 Å². The summed E-state index contributed by atoms with van der Waals surface area (Å²) in [6, 6.07) is 7.80. The topological polar surface area (TPSA) is 38.3 Å². The Morgan fingerprint density at radius 2 is 2.06 bits per heavy atom. The number of nitrogens with one attached hydrogen (secondary N) is 1. The molecule has 0 heterocycles. The molecule has 1 aromatic carbocycles. The molecule has 3 nitrogen and oxygen atoms in total. The Balaban J connectivity index is 2.32. The minimum absolute atomic E-state index is 0.0501. The molecule has 0 fully saturated rings. The Morgan fingerprint density at radius 1 is 1.39 bits per heavy atom. The normalized spacial score (nSPS) is 11.1. The number of alkyl halides is 1. The predicted octanol–water partition coefficient (Wildman–Crippen LogP) is 2.76. The van der Waals surface area contributed by atoms with Crippen molar-refractivity contribution in [1.82, 2.24) is 5.32 Å². The standard InChI is InChI=1S/C14H20ClNO2/c1-11-6-4-5-7-12(11)18-9-8-16-13(17)14(2,3)10-15/h4-7H,8-10H2,1-3H3,(H,16,17). The van der Waals surface area contributed by atoms with Crippen molar-refractivity contribution in [2.45, 2.75) is 20.8 Å². The Hall–Kier alpha value is -1.22. The van der Waals surface area contributed by atoms with E-state index in [1.165, 1.54) is 0 Å². The van der Waals surface area contributed by atoms with Crippen molar-refractivity contribution in [2.75, 3.05) is 19.0 Å². The number of rotatable bonds is 6. The summed E-state index contributed by atoms with van der Waals surface area (Å²) in [5, 5.41) is 2.82. The molecule has 0 aliphatic heterocycles. The average Bonchev–Trinajstić information content (AvgIpc) is 2.36. The maximum Gasteiger partial charge on any atom is 0.226 e. The summed E-state index contributed by atoms with van der Waals surface area (Å²) < 4.78 is 5.59. The second kappa shape index (κ2) is 6.64. The van der Waals surface area contributed by atoms with Crippen LogP contribution < -0.4 is 10.1 Å². The lowest BCUT2D eigenvalue weighted by Gasteiger charge is -2.20. The van der Waals surface area contributed by atoms with Gasteiger partial charge in [-0.3, -0.25) is 4.79 Å². The van der Waals surface area contributed by atoms with Gasteiger partial charge in [0, 0.05) is 5.88 Å². The lowest BCUT2D eigenvalue weighted by atomic mass is 9.95. The first-order valence-corrected chi connectivity index (χ1v) is 6.53. The maximum absolute atomic E-state index is 11.7. The van der Waals surface area contributed by atoms with Crippen LogP contribution in [0.1, 0.15) is 19.4 Å². The first kappa shape index (κ1) is 14.8. The van der Waals surface area contributed by atoms with Crippen molar-refractivity contribution in [3.63, 3.8) is 0 Å². The van der Waals surface area contributed by atoms with Gasteiger partial charge >= 0.3 is 0 Å². The van der Waals surface area contributed by atoms with Gasteiger partial charge in [-0.25, -0.2) is 0 Å². The van der Waals surface area contributed by atoms with Gasteiger partial charge in [-0.2, -0.15) is 0 Å². The summed E-state index contributed by atoms with van der Waals surface area (Å²) in [5.74, 6) is 1.10. The maximum atomic E-state index is 11.7. The molecule has 0 unspecified atom stereocenters. The molecule has 0 saturated carbocycles. The van der Waals surface area contributed by atoms with E-state index in [1.807, 2.05) is 45.0 Å². The van der Waals surface area contributed by atoms with Crippen LogP contribution in [-0.2, 0) is 4.79 Å². The number of carbonyl (C=O) groups is 1. The highest BCUT2D eigenvalue weighted by molar-refractivity contribution is 6.19. The number of amides is 1. The van der Waals surface area contributed by atoms with Gasteiger partial charge < -0.3 is 10.1 Å². The van der Waals surface area contributed by atoms with Crippen LogP contribution in [0.25, 0.3) is 0 Å². The third-order valence-electron chi connectivity index (χ3n) is 2.69. The first-order valence-electron chi connectivity index (χ1n) is 6.00. The van der Waals surface area contributed by atoms with Crippen molar-refractivity contribution in [1.29, 1.82) is 0 Å². The number of benzene rings is 1. The van der Waals surface area contributed by atoms with Crippen LogP contribution in [0.15, 0.2) is 24.3 Å². The minimum atomic E-state index is -0.537. The summed E-state index contributed by atoms with van der Waals surface area (Å²) in [5.41, 5.74) is 0.550. The van der Waals surface area contributed by atoms with Crippen LogP contribution in [0.2, 0.25) is 0 Å². The number of hydrogen-bond acceptors (Lipinski definition) is 2. The Morgan fingerprint density at radius 3 is 2.67 bits per heavy atom. The third-order valence-corrected chi connectivity index (χ3v) is 3.36. The van der Waals surface area contributed by atoms with Crippen molar-refractivity contribution in [3.8, 4) is 5.75 Å². The molecule has 1 N–H and O–H groups in total. The lowest BCUT2D eigenvalue weighted by Crippen LogP contribution is -2.39. The zero-order valence-corrected chi connectivity index (χ0v) is 11.9. The van der Waals surface area contributed by atoms with Gasteiger partial charge in [0.2, 0.25) is 5.91 Å². The summed E-state index contributed by atoms with van der Waals surface area (Å²) in [6.45, 7) is 6.56. The van der Waals surface area contributed by atoms with Crippen LogP contribution in [-0.4, -0.2) is 24.9 Å². The second-order valence-corrected chi connectivity index (χ2v) is 5.15. The molecule has 1 amide bonds. The molecule has 0 atom stereocenters. The molecule has 100 valence electrons. The zero-order valence-electron chi connectivity index (χ0n) is 11.1. The number of ether oxygens (including phenoxy) is 1. The largest absolute Gasteiger partial charge is 0.491 e. The third kappa shape index (κ3) is 4.22. The first-order chi connectivity index (χ1) is 8.47. The molecule has 0 aromatic heterocycles. The Kier molecular flexibility index (Phi) is 5.48. The van der Waals surface area contributed by atoms with Crippen LogP contribution in [0.4, 0.5) is 0 Å². The van der Waals surface area contributed by atoms with Crippen molar-refractivity contribution in [2.24, 2.45) is 5.41 Å². The highest BCUT2D eigenvalue weighted by Gasteiger charge is 2.25. The van der Waals surface area contributed by atoms with Gasteiger partial charge in [-0.1, -0.05) is 18.2 Å². The fraction of sp³-hybridized carbons (Fsp3) is 0.500. The summed E-state index contributed by atoms with van der Waals surface area (Å²) in [7, 11) is 0. The second-order valence-electron chi connectivity index (χ2n) is 4.89. The SMILES string of the molecule is Cc1ccccc1OCCNC(=O)C(C)(C)CCl. The number of carbonyl (C=O) groups excluding carboxylic acids is 1. The quantitative estimate of drug-likeness (QED) is 0.637. The monoisotopic (exact) mass is 269 g/mol. The number of aryl methyl sites for hydroxylation is 1. The summed E-state index contributed by atoms with van der Waals surface area (Å²) >= 11 is 5.73. The lowest BCUT2D eigenvalue weighted by molar-refractivity contribution is -0.128. The molecule has 4 heteroatoms. The molecule has 0 radical (unpaired) electrons. The molecule has 0 saturated heterocycles. The molecule has 0 aliphatic carbocycles. The zero-order chi connectivity index (χ0) is 13.6. The van der Waals surface area contributed by atoms with Crippen molar-refractivity contribution < 1.29 is 9.53 Å². The van der Waals surface area contributed by atoms with E-state index in [9.17, 15) is 4.79 Å². The van der Waals surface area contributed by atoms with E-state index in [-0.39, 0.29) is 5.91 Å². The van der Waals surface area contributed by atoms with E-state index < -0.39 is 5.41 Å². The Labute approximate surface area is 113 Å². The van der Waals surface area contributed by atoms with Gasteiger partial charge in [-0.05, 0) is 32.4 Å². The summed E-state index contributed by atoms with van der Waals surface area (Å²) in [4.78, 5) is 11.7. The van der Waals surface area contributed by atoms with E-state index in [2.05, 4.69) is 5.32 Å². The highest BCUT2D eigenvalue weighted by Crippen LogP contribution is 2.17. The molecule has 0 spiro atoms. The number of para-hydroxylation sites is 1. The molecule has 1 rings (SSSR count). The highest BCUT2D eigenvalue weighted by atomic mass is 35.5. The van der Waals surface area contributed by atoms with Gasteiger partial charge in [0.05, 0.1) is 12.0 Å². The van der Waals surface area contributed by atoms with E-state index in [4.69, 9.17) is 16.3 Å².